The Bertz CT molecular complexity index is 390. The lowest BCUT2D eigenvalue weighted by molar-refractivity contribution is 0.414. The molecule has 0 fully saturated rings. The minimum Gasteiger partial charge on any atom is -0.497 e. The Morgan fingerprint density at radius 1 is 1.33 bits per heavy atom. The molecule has 0 heterocycles. The van der Waals surface area contributed by atoms with Gasteiger partial charge in [-0.05, 0) is 42.7 Å². The second-order valence-corrected chi connectivity index (χ2v) is 3.44. The van der Waals surface area contributed by atoms with Crippen LogP contribution >= 0.6 is 0 Å². The van der Waals surface area contributed by atoms with E-state index in [0.29, 0.717) is 6.42 Å². The zero-order valence-corrected chi connectivity index (χ0v) is 9.37. The average Bonchev–Trinajstić information content (AvgIpc) is 2.22. The maximum atomic E-state index is 8.44. The van der Waals surface area contributed by atoms with Crippen LogP contribution in [0.2, 0.25) is 0 Å². The van der Waals surface area contributed by atoms with Crippen molar-refractivity contribution in [2.45, 2.75) is 20.3 Å². The smallest absolute Gasteiger partial charge is 0.119 e. The fourth-order valence-corrected chi connectivity index (χ4v) is 1.55. The lowest BCUT2D eigenvalue weighted by Gasteiger charge is -2.08. The summed E-state index contributed by atoms with van der Waals surface area (Å²) in [6.45, 7) is 4.09. The second-order valence-electron chi connectivity index (χ2n) is 3.44. The van der Waals surface area contributed by atoms with Crippen LogP contribution in [0.4, 0.5) is 0 Å². The maximum Gasteiger partial charge on any atom is 0.119 e. The van der Waals surface area contributed by atoms with Crippen molar-refractivity contribution in [1.82, 2.24) is 0 Å². The van der Waals surface area contributed by atoms with Gasteiger partial charge in [-0.1, -0.05) is 12.2 Å². The van der Waals surface area contributed by atoms with Gasteiger partial charge < -0.3 is 4.74 Å². The molecule has 0 aliphatic rings. The molecule has 1 aromatic rings. The summed E-state index contributed by atoms with van der Waals surface area (Å²) >= 11 is 0. The molecular weight excluding hydrogens is 186 g/mol. The number of ether oxygens (including phenoxy) is 1. The highest BCUT2D eigenvalue weighted by molar-refractivity contribution is 5.59. The van der Waals surface area contributed by atoms with Gasteiger partial charge in [0.1, 0.15) is 5.75 Å². The summed E-state index contributed by atoms with van der Waals surface area (Å²) in [7, 11) is 1.67. The molecule has 0 amide bonds. The standard InChI is InChI=1S/C13H15NO/c1-10-8-12(15-3)9-11(2)13(10)6-4-5-7-14/h4,6,8-9H,5H2,1-3H3. The number of benzene rings is 1. The number of nitriles is 1. The predicted molar refractivity (Wildman–Crippen MR) is 61.7 cm³/mol. The lowest BCUT2D eigenvalue weighted by atomic mass is 10.0. The minimum absolute atomic E-state index is 0.449. The largest absolute Gasteiger partial charge is 0.497 e. The van der Waals surface area contributed by atoms with Crippen LogP contribution < -0.4 is 4.74 Å². The molecule has 2 heteroatoms. The van der Waals surface area contributed by atoms with Crippen LogP contribution in [-0.2, 0) is 0 Å². The minimum atomic E-state index is 0.449. The van der Waals surface area contributed by atoms with Crippen LogP contribution in [0.15, 0.2) is 18.2 Å². The van der Waals surface area contributed by atoms with E-state index in [1.165, 1.54) is 16.7 Å². The Kier molecular flexibility index (Phi) is 3.93. The quantitative estimate of drug-likeness (QED) is 0.752. The molecule has 15 heavy (non-hydrogen) atoms. The molecule has 2 nitrogen and oxygen atoms in total. The molecule has 0 saturated carbocycles. The number of methoxy groups -OCH3 is 1. The Labute approximate surface area is 90.8 Å². The molecule has 78 valence electrons. The van der Waals surface area contributed by atoms with Gasteiger partial charge in [-0.2, -0.15) is 5.26 Å². The zero-order chi connectivity index (χ0) is 11.3. The van der Waals surface area contributed by atoms with E-state index in [1.807, 2.05) is 38.1 Å². The normalized spacial score (nSPS) is 10.3. The van der Waals surface area contributed by atoms with Gasteiger partial charge in [0.2, 0.25) is 0 Å². The predicted octanol–water partition coefficient (Wildman–Crippen LogP) is 3.24. The van der Waals surface area contributed by atoms with Crippen molar-refractivity contribution in [2.75, 3.05) is 7.11 Å². The van der Waals surface area contributed by atoms with Crippen molar-refractivity contribution in [2.24, 2.45) is 0 Å². The summed E-state index contributed by atoms with van der Waals surface area (Å²) < 4.78 is 5.18. The molecule has 1 rings (SSSR count). The summed E-state index contributed by atoms with van der Waals surface area (Å²) in [5, 5.41) is 8.44. The third-order valence-corrected chi connectivity index (χ3v) is 2.30. The van der Waals surface area contributed by atoms with Gasteiger partial charge in [-0.3, -0.25) is 0 Å². The molecule has 0 aromatic heterocycles. The Balaban J connectivity index is 3.04. The molecule has 0 N–H and O–H groups in total. The fraction of sp³-hybridized carbons (Fsp3) is 0.308. The summed E-state index contributed by atoms with van der Waals surface area (Å²) in [6.07, 6.45) is 4.32. The van der Waals surface area contributed by atoms with Crippen molar-refractivity contribution < 1.29 is 4.74 Å². The maximum absolute atomic E-state index is 8.44. The van der Waals surface area contributed by atoms with Crippen molar-refractivity contribution in [3.8, 4) is 11.8 Å². The fourth-order valence-electron chi connectivity index (χ4n) is 1.55. The molecule has 0 saturated heterocycles. The molecule has 0 spiro atoms. The third-order valence-electron chi connectivity index (χ3n) is 2.30. The summed E-state index contributed by atoms with van der Waals surface area (Å²) in [5.74, 6) is 0.877. The van der Waals surface area contributed by atoms with Gasteiger partial charge in [0, 0.05) is 0 Å². The SMILES string of the molecule is COc1cc(C)c(C=CCC#N)c(C)c1. The Hall–Kier alpha value is -1.75. The van der Waals surface area contributed by atoms with Gasteiger partial charge in [0.05, 0.1) is 19.6 Å². The van der Waals surface area contributed by atoms with Crippen LogP contribution in [0, 0.1) is 25.2 Å². The Morgan fingerprint density at radius 2 is 1.93 bits per heavy atom. The second kappa shape index (κ2) is 5.21. The molecule has 1 aromatic carbocycles. The first kappa shape index (κ1) is 11.3. The van der Waals surface area contributed by atoms with Crippen LogP contribution in [0.1, 0.15) is 23.1 Å². The molecule has 0 aliphatic heterocycles. The van der Waals surface area contributed by atoms with Gasteiger partial charge >= 0.3 is 0 Å². The third kappa shape index (κ3) is 2.85. The number of hydrogen-bond acceptors (Lipinski definition) is 2. The van der Waals surface area contributed by atoms with E-state index < -0.39 is 0 Å². The van der Waals surface area contributed by atoms with Gasteiger partial charge in [0.15, 0.2) is 0 Å². The number of rotatable bonds is 3. The van der Waals surface area contributed by atoms with Crippen molar-refractivity contribution in [3.63, 3.8) is 0 Å². The molecule has 0 aliphatic carbocycles. The van der Waals surface area contributed by atoms with E-state index in [-0.39, 0.29) is 0 Å². The van der Waals surface area contributed by atoms with Crippen molar-refractivity contribution in [1.29, 1.82) is 5.26 Å². The van der Waals surface area contributed by atoms with E-state index in [0.717, 1.165) is 5.75 Å². The summed E-state index contributed by atoms with van der Waals surface area (Å²) in [6, 6.07) is 6.09. The average molecular weight is 201 g/mol. The van der Waals surface area contributed by atoms with E-state index >= 15 is 0 Å². The highest BCUT2D eigenvalue weighted by Crippen LogP contribution is 2.22. The van der Waals surface area contributed by atoms with Crippen LogP contribution in [0.5, 0.6) is 5.75 Å². The van der Waals surface area contributed by atoms with Crippen molar-refractivity contribution >= 4 is 6.08 Å². The molecule has 0 radical (unpaired) electrons. The van der Waals surface area contributed by atoms with Gasteiger partial charge in [0.25, 0.3) is 0 Å². The number of nitrogens with zero attached hydrogens (tertiary/aromatic N) is 1. The first-order valence-corrected chi connectivity index (χ1v) is 4.87. The first-order valence-electron chi connectivity index (χ1n) is 4.87. The van der Waals surface area contributed by atoms with Crippen LogP contribution in [0.25, 0.3) is 6.08 Å². The molecule has 0 bridgehead atoms. The van der Waals surface area contributed by atoms with Gasteiger partial charge in [-0.25, -0.2) is 0 Å². The monoisotopic (exact) mass is 201 g/mol. The number of allylic oxidation sites excluding steroid dienone is 1. The van der Waals surface area contributed by atoms with Crippen LogP contribution in [-0.4, -0.2) is 7.11 Å². The molecule has 0 atom stereocenters. The molecule has 0 unspecified atom stereocenters. The van der Waals surface area contributed by atoms with Gasteiger partial charge in [-0.15, -0.1) is 0 Å². The summed E-state index contributed by atoms with van der Waals surface area (Å²) in [5.41, 5.74) is 3.51. The highest BCUT2D eigenvalue weighted by Gasteiger charge is 2.01. The van der Waals surface area contributed by atoms with Crippen molar-refractivity contribution in [3.05, 3.63) is 34.9 Å². The summed E-state index contributed by atoms with van der Waals surface area (Å²) in [4.78, 5) is 0. The van der Waals surface area contributed by atoms with E-state index in [4.69, 9.17) is 10.00 Å². The van der Waals surface area contributed by atoms with E-state index in [1.54, 1.807) is 7.11 Å². The Morgan fingerprint density at radius 3 is 2.40 bits per heavy atom. The number of aryl methyl sites for hydroxylation is 2. The van der Waals surface area contributed by atoms with E-state index in [2.05, 4.69) is 6.07 Å². The van der Waals surface area contributed by atoms with Crippen LogP contribution in [0.3, 0.4) is 0 Å². The highest BCUT2D eigenvalue weighted by atomic mass is 16.5. The first-order chi connectivity index (χ1) is 7.19. The lowest BCUT2D eigenvalue weighted by Crippen LogP contribution is -1.90. The topological polar surface area (TPSA) is 33.0 Å². The number of hydrogen-bond donors (Lipinski definition) is 0. The van der Waals surface area contributed by atoms with E-state index in [9.17, 15) is 0 Å². The zero-order valence-electron chi connectivity index (χ0n) is 9.37. The molecular formula is C13H15NO.